The van der Waals surface area contributed by atoms with E-state index in [0.717, 1.165) is 26.4 Å². The fourth-order valence-corrected chi connectivity index (χ4v) is 3.65. The Morgan fingerprint density at radius 2 is 1.85 bits per heavy atom. The van der Waals surface area contributed by atoms with Crippen molar-refractivity contribution in [2.24, 2.45) is 5.14 Å². The highest BCUT2D eigenvalue weighted by atomic mass is 32.2. The Balaban J connectivity index is 2.40. The van der Waals surface area contributed by atoms with Crippen LogP contribution in [0.1, 0.15) is 5.01 Å². The molecule has 0 radical (unpaired) electrons. The summed E-state index contributed by atoms with van der Waals surface area (Å²) in [5.74, 6) is 0. The lowest BCUT2D eigenvalue weighted by atomic mass is 10.0. The van der Waals surface area contributed by atoms with E-state index >= 15 is 0 Å². The molecular weight excluding hydrogens is 292 g/mol. The molecule has 3 aromatic rings. The number of hydrogen-bond acceptors (Lipinski definition) is 4. The minimum atomic E-state index is -3.74. The van der Waals surface area contributed by atoms with Crippen molar-refractivity contribution in [1.29, 1.82) is 0 Å². The lowest BCUT2D eigenvalue weighted by Gasteiger charge is -2.05. The molecule has 20 heavy (non-hydrogen) atoms. The van der Waals surface area contributed by atoms with E-state index in [0.29, 0.717) is 0 Å². The molecule has 102 valence electrons. The van der Waals surface area contributed by atoms with Gasteiger partial charge in [0, 0.05) is 5.56 Å². The molecule has 0 aliphatic heterocycles. The summed E-state index contributed by atoms with van der Waals surface area (Å²) in [5.41, 5.74) is 2.52. The van der Waals surface area contributed by atoms with Gasteiger partial charge in [-0.25, -0.2) is 18.5 Å². The molecule has 0 saturated carbocycles. The van der Waals surface area contributed by atoms with E-state index in [9.17, 15) is 8.42 Å². The third kappa shape index (κ3) is 2.33. The molecule has 2 N–H and O–H groups in total. The second-order valence-corrected chi connectivity index (χ2v) is 7.26. The summed E-state index contributed by atoms with van der Waals surface area (Å²) in [6.07, 6.45) is 0. The Bertz CT molecular complexity index is 884. The van der Waals surface area contributed by atoms with Gasteiger partial charge in [-0.3, -0.25) is 0 Å². The second-order valence-electron chi connectivity index (χ2n) is 4.46. The molecular formula is C14H12N2O2S2. The van der Waals surface area contributed by atoms with Crippen LogP contribution in [0.25, 0.3) is 21.3 Å². The van der Waals surface area contributed by atoms with E-state index in [1.54, 1.807) is 12.1 Å². The van der Waals surface area contributed by atoms with Crippen molar-refractivity contribution in [2.45, 2.75) is 11.8 Å². The summed E-state index contributed by atoms with van der Waals surface area (Å²) in [6.45, 7) is 1.90. The largest absolute Gasteiger partial charge is 0.241 e. The highest BCUT2D eigenvalue weighted by molar-refractivity contribution is 7.89. The van der Waals surface area contributed by atoms with E-state index in [2.05, 4.69) is 4.98 Å². The Kier molecular flexibility index (Phi) is 3.08. The molecule has 1 heterocycles. The van der Waals surface area contributed by atoms with Crippen LogP contribution in [0.15, 0.2) is 47.4 Å². The number of nitrogens with zero attached hydrogens (tertiary/aromatic N) is 1. The van der Waals surface area contributed by atoms with Crippen LogP contribution in [0.2, 0.25) is 0 Å². The first-order chi connectivity index (χ1) is 9.45. The molecule has 0 bridgehead atoms. The SMILES string of the molecule is Cc1nc2c(-c3ccccc3)cc(S(N)(=O)=O)cc2s1. The zero-order chi connectivity index (χ0) is 14.3. The molecule has 6 heteroatoms. The van der Waals surface area contributed by atoms with Gasteiger partial charge in [0.1, 0.15) is 0 Å². The Morgan fingerprint density at radius 1 is 1.15 bits per heavy atom. The Hall–Kier alpha value is -1.76. The van der Waals surface area contributed by atoms with Crippen LogP contribution in [0.3, 0.4) is 0 Å². The fraction of sp³-hybridized carbons (Fsp3) is 0.0714. The zero-order valence-corrected chi connectivity index (χ0v) is 12.3. The molecule has 0 aliphatic carbocycles. The quantitative estimate of drug-likeness (QED) is 0.791. The van der Waals surface area contributed by atoms with Crippen LogP contribution in [0.5, 0.6) is 0 Å². The highest BCUT2D eigenvalue weighted by Gasteiger charge is 2.15. The van der Waals surface area contributed by atoms with Crippen LogP contribution in [0, 0.1) is 6.92 Å². The lowest BCUT2D eigenvalue weighted by Crippen LogP contribution is -2.12. The first-order valence-corrected chi connectivity index (χ1v) is 8.31. The second kappa shape index (κ2) is 4.66. The van der Waals surface area contributed by atoms with Gasteiger partial charge in [0.2, 0.25) is 10.0 Å². The maximum absolute atomic E-state index is 11.6. The molecule has 4 nitrogen and oxygen atoms in total. The summed E-state index contributed by atoms with van der Waals surface area (Å²) in [5, 5.41) is 6.15. The zero-order valence-electron chi connectivity index (χ0n) is 10.7. The molecule has 0 aliphatic rings. The van der Waals surface area contributed by atoms with Gasteiger partial charge in [-0.05, 0) is 24.6 Å². The van der Waals surface area contributed by atoms with Crippen molar-refractivity contribution >= 4 is 31.6 Å². The first kappa shape index (κ1) is 13.2. The average Bonchev–Trinajstić information content (AvgIpc) is 2.77. The van der Waals surface area contributed by atoms with Gasteiger partial charge in [-0.1, -0.05) is 30.3 Å². The standard InChI is InChI=1S/C14H12N2O2S2/c1-9-16-14-12(10-5-3-2-4-6-10)7-11(20(15,17)18)8-13(14)19-9/h2-8H,1H3,(H2,15,17,18). The maximum atomic E-state index is 11.6. The monoisotopic (exact) mass is 304 g/mol. The number of nitrogens with two attached hydrogens (primary N) is 1. The van der Waals surface area contributed by atoms with Gasteiger partial charge in [-0.2, -0.15) is 0 Å². The molecule has 0 unspecified atom stereocenters. The molecule has 0 amide bonds. The normalized spacial score (nSPS) is 11.9. The fourth-order valence-electron chi connectivity index (χ4n) is 2.12. The van der Waals surface area contributed by atoms with Crippen LogP contribution in [-0.2, 0) is 10.0 Å². The molecule has 0 spiro atoms. The predicted molar refractivity (Wildman–Crippen MR) is 81.2 cm³/mol. The van der Waals surface area contributed by atoms with Gasteiger partial charge in [-0.15, -0.1) is 11.3 Å². The van der Waals surface area contributed by atoms with Crippen LogP contribution < -0.4 is 5.14 Å². The number of aryl methyl sites for hydroxylation is 1. The summed E-state index contributed by atoms with van der Waals surface area (Å²) in [4.78, 5) is 4.61. The number of fused-ring (bicyclic) bond motifs is 1. The molecule has 1 aromatic heterocycles. The number of hydrogen-bond donors (Lipinski definition) is 1. The maximum Gasteiger partial charge on any atom is 0.238 e. The van der Waals surface area contributed by atoms with Gasteiger partial charge >= 0.3 is 0 Å². The van der Waals surface area contributed by atoms with E-state index in [4.69, 9.17) is 5.14 Å². The molecule has 0 atom stereocenters. The summed E-state index contributed by atoms with van der Waals surface area (Å²) in [6, 6.07) is 12.8. The minimum absolute atomic E-state index is 0.118. The van der Waals surface area contributed by atoms with Gasteiger partial charge in [0.15, 0.2) is 0 Å². The van der Waals surface area contributed by atoms with Crippen molar-refractivity contribution in [1.82, 2.24) is 4.98 Å². The van der Waals surface area contributed by atoms with E-state index in [-0.39, 0.29) is 4.90 Å². The van der Waals surface area contributed by atoms with Gasteiger partial charge in [0.25, 0.3) is 0 Å². The van der Waals surface area contributed by atoms with Crippen molar-refractivity contribution < 1.29 is 8.42 Å². The third-order valence-corrected chi connectivity index (χ3v) is 4.80. The van der Waals surface area contributed by atoms with Crippen molar-refractivity contribution in [2.75, 3.05) is 0 Å². The van der Waals surface area contributed by atoms with Gasteiger partial charge < -0.3 is 0 Å². The summed E-state index contributed by atoms with van der Waals surface area (Å²) >= 11 is 1.46. The predicted octanol–water partition coefficient (Wildman–Crippen LogP) is 2.92. The van der Waals surface area contributed by atoms with Crippen molar-refractivity contribution in [3.05, 3.63) is 47.5 Å². The topological polar surface area (TPSA) is 73.0 Å². The third-order valence-electron chi connectivity index (χ3n) is 2.99. The van der Waals surface area contributed by atoms with Crippen molar-refractivity contribution in [3.63, 3.8) is 0 Å². The Morgan fingerprint density at radius 3 is 2.50 bits per heavy atom. The summed E-state index contributed by atoms with van der Waals surface area (Å²) in [7, 11) is -3.74. The van der Waals surface area contributed by atoms with E-state index in [1.165, 1.54) is 11.3 Å². The van der Waals surface area contributed by atoms with E-state index in [1.807, 2.05) is 37.3 Å². The number of benzene rings is 2. The average molecular weight is 304 g/mol. The highest BCUT2D eigenvalue weighted by Crippen LogP contribution is 2.33. The van der Waals surface area contributed by atoms with Crippen LogP contribution in [0.4, 0.5) is 0 Å². The van der Waals surface area contributed by atoms with Crippen LogP contribution in [-0.4, -0.2) is 13.4 Å². The lowest BCUT2D eigenvalue weighted by molar-refractivity contribution is 0.598. The summed E-state index contributed by atoms with van der Waals surface area (Å²) < 4.78 is 24.1. The number of aromatic nitrogens is 1. The van der Waals surface area contributed by atoms with Crippen LogP contribution >= 0.6 is 11.3 Å². The van der Waals surface area contributed by atoms with E-state index < -0.39 is 10.0 Å². The van der Waals surface area contributed by atoms with Gasteiger partial charge in [0.05, 0.1) is 20.1 Å². The molecule has 2 aromatic carbocycles. The molecule has 0 fully saturated rings. The number of sulfonamides is 1. The first-order valence-electron chi connectivity index (χ1n) is 5.94. The van der Waals surface area contributed by atoms with Crippen molar-refractivity contribution in [3.8, 4) is 11.1 Å². The minimum Gasteiger partial charge on any atom is -0.241 e. The number of primary sulfonamides is 1. The molecule has 3 rings (SSSR count). The smallest absolute Gasteiger partial charge is 0.238 e. The molecule has 0 saturated heterocycles. The Labute approximate surface area is 120 Å². The number of rotatable bonds is 2. The number of thiazole rings is 1.